The number of anilines is 1. The zero-order chi connectivity index (χ0) is 14.5. The summed E-state index contributed by atoms with van der Waals surface area (Å²) in [6.07, 6.45) is 2.04. The highest BCUT2D eigenvalue weighted by atomic mass is 35.7. The molecule has 0 aromatic heterocycles. The lowest BCUT2D eigenvalue weighted by Crippen LogP contribution is -2.12. The summed E-state index contributed by atoms with van der Waals surface area (Å²) in [4.78, 5) is 11.6. The number of methoxy groups -OCH3 is 1. The van der Waals surface area contributed by atoms with Gasteiger partial charge in [-0.15, -0.1) is 0 Å². The monoisotopic (exact) mass is 305 g/mol. The van der Waals surface area contributed by atoms with Gasteiger partial charge in [0, 0.05) is 17.1 Å². The number of carbonyl (C=O) groups excluding carboxylic acids is 1. The summed E-state index contributed by atoms with van der Waals surface area (Å²) in [5.74, 6) is 0.193. The van der Waals surface area contributed by atoms with E-state index in [0.717, 1.165) is 12.8 Å². The standard InChI is InChI=1S/C12H16ClNO4S/c1-3-4-5-12(15)14-10-8-9(19(13,16)17)6-7-11(10)18-2/h6-8H,3-5H2,1-2H3,(H,14,15). The highest BCUT2D eigenvalue weighted by Crippen LogP contribution is 2.29. The topological polar surface area (TPSA) is 72.5 Å². The Labute approximate surface area is 117 Å². The molecular formula is C12H16ClNO4S. The van der Waals surface area contributed by atoms with Crippen molar-refractivity contribution in [2.24, 2.45) is 0 Å². The average molecular weight is 306 g/mol. The van der Waals surface area contributed by atoms with Gasteiger partial charge in [0.05, 0.1) is 17.7 Å². The van der Waals surface area contributed by atoms with Crippen LogP contribution in [0.3, 0.4) is 0 Å². The molecule has 0 aliphatic carbocycles. The molecule has 0 aliphatic heterocycles. The first-order valence-electron chi connectivity index (χ1n) is 5.81. The van der Waals surface area contributed by atoms with Gasteiger partial charge in [-0.25, -0.2) is 8.42 Å². The molecule has 0 saturated carbocycles. The van der Waals surface area contributed by atoms with Crippen LogP contribution in [-0.2, 0) is 13.8 Å². The minimum Gasteiger partial charge on any atom is -0.495 e. The fraction of sp³-hybridized carbons (Fsp3) is 0.417. The maximum absolute atomic E-state index is 11.7. The first kappa shape index (κ1) is 15.8. The fourth-order valence-electron chi connectivity index (χ4n) is 1.49. The molecule has 5 nitrogen and oxygen atoms in total. The molecule has 0 heterocycles. The van der Waals surface area contributed by atoms with E-state index in [1.807, 2.05) is 6.92 Å². The highest BCUT2D eigenvalue weighted by molar-refractivity contribution is 8.13. The van der Waals surface area contributed by atoms with Gasteiger partial charge in [0.2, 0.25) is 5.91 Å². The lowest BCUT2D eigenvalue weighted by molar-refractivity contribution is -0.116. The van der Waals surface area contributed by atoms with Crippen LogP contribution >= 0.6 is 10.7 Å². The Morgan fingerprint density at radius 2 is 2.11 bits per heavy atom. The molecule has 0 bridgehead atoms. The number of hydrogen-bond acceptors (Lipinski definition) is 4. The number of amides is 1. The van der Waals surface area contributed by atoms with E-state index < -0.39 is 9.05 Å². The Morgan fingerprint density at radius 1 is 1.42 bits per heavy atom. The number of halogens is 1. The van der Waals surface area contributed by atoms with Crippen LogP contribution in [0.25, 0.3) is 0 Å². The normalized spacial score (nSPS) is 11.1. The second kappa shape index (κ2) is 6.77. The second-order valence-electron chi connectivity index (χ2n) is 3.95. The molecule has 0 atom stereocenters. The lowest BCUT2D eigenvalue weighted by Gasteiger charge is -2.11. The zero-order valence-electron chi connectivity index (χ0n) is 10.8. The molecule has 0 radical (unpaired) electrons. The minimum absolute atomic E-state index is 0.0826. The van der Waals surface area contributed by atoms with Crippen LogP contribution in [0.15, 0.2) is 23.1 Å². The van der Waals surface area contributed by atoms with Crippen molar-refractivity contribution in [3.8, 4) is 5.75 Å². The first-order valence-corrected chi connectivity index (χ1v) is 8.12. The molecule has 7 heteroatoms. The summed E-state index contributed by atoms with van der Waals surface area (Å²) in [5.41, 5.74) is 0.297. The molecule has 19 heavy (non-hydrogen) atoms. The number of benzene rings is 1. The number of ether oxygens (including phenoxy) is 1. The van der Waals surface area contributed by atoms with Crippen LogP contribution in [0.5, 0.6) is 5.75 Å². The summed E-state index contributed by atoms with van der Waals surface area (Å²) in [6, 6.07) is 4.05. The minimum atomic E-state index is -3.84. The zero-order valence-corrected chi connectivity index (χ0v) is 12.3. The molecule has 0 unspecified atom stereocenters. The van der Waals surface area contributed by atoms with Crippen molar-refractivity contribution in [1.82, 2.24) is 0 Å². The van der Waals surface area contributed by atoms with Crippen molar-refractivity contribution in [3.05, 3.63) is 18.2 Å². The van der Waals surface area contributed by atoms with E-state index >= 15 is 0 Å². The number of hydrogen-bond donors (Lipinski definition) is 1. The molecule has 0 spiro atoms. The van der Waals surface area contributed by atoms with Crippen molar-refractivity contribution < 1.29 is 17.9 Å². The molecule has 0 fully saturated rings. The third-order valence-corrected chi connectivity index (χ3v) is 3.84. The Morgan fingerprint density at radius 3 is 2.63 bits per heavy atom. The van der Waals surface area contributed by atoms with Crippen molar-refractivity contribution >= 4 is 31.3 Å². The maximum Gasteiger partial charge on any atom is 0.261 e. The van der Waals surface area contributed by atoms with Gasteiger partial charge >= 0.3 is 0 Å². The van der Waals surface area contributed by atoms with Crippen LogP contribution in [0.1, 0.15) is 26.2 Å². The smallest absolute Gasteiger partial charge is 0.261 e. The van der Waals surface area contributed by atoms with Gasteiger partial charge in [-0.05, 0) is 24.6 Å². The van der Waals surface area contributed by atoms with Gasteiger partial charge < -0.3 is 10.1 Å². The number of carbonyl (C=O) groups is 1. The van der Waals surface area contributed by atoms with Gasteiger partial charge in [-0.1, -0.05) is 13.3 Å². The van der Waals surface area contributed by atoms with E-state index in [9.17, 15) is 13.2 Å². The summed E-state index contributed by atoms with van der Waals surface area (Å²) >= 11 is 0. The largest absolute Gasteiger partial charge is 0.495 e. The number of nitrogens with one attached hydrogen (secondary N) is 1. The molecule has 1 N–H and O–H groups in total. The lowest BCUT2D eigenvalue weighted by atomic mass is 10.2. The van der Waals surface area contributed by atoms with Crippen molar-refractivity contribution in [1.29, 1.82) is 0 Å². The van der Waals surface area contributed by atoms with Gasteiger partial charge in [0.1, 0.15) is 5.75 Å². The van der Waals surface area contributed by atoms with Crippen LogP contribution < -0.4 is 10.1 Å². The van der Waals surface area contributed by atoms with E-state index in [2.05, 4.69) is 5.32 Å². The summed E-state index contributed by atoms with van der Waals surface area (Å²) in [6.45, 7) is 1.98. The number of rotatable bonds is 6. The van der Waals surface area contributed by atoms with E-state index in [-0.39, 0.29) is 10.8 Å². The van der Waals surface area contributed by atoms with Crippen LogP contribution in [0.2, 0.25) is 0 Å². The number of unbranched alkanes of at least 4 members (excludes halogenated alkanes) is 1. The first-order chi connectivity index (χ1) is 8.88. The Kier molecular flexibility index (Phi) is 5.62. The maximum atomic E-state index is 11.7. The van der Waals surface area contributed by atoms with Crippen LogP contribution in [-0.4, -0.2) is 21.4 Å². The molecule has 1 aromatic rings. The summed E-state index contributed by atoms with van der Waals surface area (Å²) < 4.78 is 27.6. The third kappa shape index (κ3) is 4.72. The Bertz CT molecular complexity index is 557. The van der Waals surface area contributed by atoms with E-state index in [0.29, 0.717) is 17.9 Å². The molecule has 1 amide bonds. The predicted octanol–water partition coefficient (Wildman–Crippen LogP) is 2.75. The van der Waals surface area contributed by atoms with E-state index in [1.54, 1.807) is 0 Å². The molecule has 106 valence electrons. The predicted molar refractivity (Wildman–Crippen MR) is 74.2 cm³/mol. The van der Waals surface area contributed by atoms with Crippen molar-refractivity contribution in [3.63, 3.8) is 0 Å². The average Bonchev–Trinajstić information content (AvgIpc) is 2.35. The van der Waals surface area contributed by atoms with Crippen molar-refractivity contribution in [2.75, 3.05) is 12.4 Å². The molecule has 0 aliphatic rings. The molecule has 1 rings (SSSR count). The molecule has 0 saturated heterocycles. The highest BCUT2D eigenvalue weighted by Gasteiger charge is 2.14. The van der Waals surface area contributed by atoms with Gasteiger partial charge in [-0.2, -0.15) is 0 Å². The second-order valence-corrected chi connectivity index (χ2v) is 6.52. The van der Waals surface area contributed by atoms with Crippen LogP contribution in [0.4, 0.5) is 5.69 Å². The summed E-state index contributed by atoms with van der Waals surface area (Å²) in [7, 11) is 2.86. The molecule has 1 aromatic carbocycles. The van der Waals surface area contributed by atoms with E-state index in [1.165, 1.54) is 25.3 Å². The summed E-state index contributed by atoms with van der Waals surface area (Å²) in [5, 5.41) is 2.62. The van der Waals surface area contributed by atoms with Gasteiger partial charge in [0.25, 0.3) is 9.05 Å². The Balaban J connectivity index is 3.00. The SMILES string of the molecule is CCCCC(=O)Nc1cc(S(=O)(=O)Cl)ccc1OC. The van der Waals surface area contributed by atoms with Crippen LogP contribution in [0, 0.1) is 0 Å². The third-order valence-electron chi connectivity index (χ3n) is 2.48. The van der Waals surface area contributed by atoms with Gasteiger partial charge in [0.15, 0.2) is 0 Å². The van der Waals surface area contributed by atoms with E-state index in [4.69, 9.17) is 15.4 Å². The quantitative estimate of drug-likeness (QED) is 0.820. The van der Waals surface area contributed by atoms with Gasteiger partial charge in [-0.3, -0.25) is 4.79 Å². The molecular weight excluding hydrogens is 290 g/mol. The van der Waals surface area contributed by atoms with Crippen molar-refractivity contribution in [2.45, 2.75) is 31.1 Å². The fourth-order valence-corrected chi connectivity index (χ4v) is 2.26. The Hall–Kier alpha value is -1.27.